The molecule has 0 aliphatic carbocycles. The maximum Gasteiger partial charge on any atom is 0.386 e. The summed E-state index contributed by atoms with van der Waals surface area (Å²) >= 11 is 0. The number of aliphatic hydroxyl groups is 2. The lowest BCUT2D eigenvalue weighted by atomic mass is 10.3. The van der Waals surface area contributed by atoms with Crippen molar-refractivity contribution in [1.82, 2.24) is 5.32 Å². The first-order chi connectivity index (χ1) is 10.7. The number of methoxy groups -OCH3 is 1. The monoisotopic (exact) mass is 346 g/mol. The van der Waals surface area contributed by atoms with Crippen molar-refractivity contribution in [2.24, 2.45) is 5.73 Å². The number of hydrogen-bond acceptors (Lipinski definition) is 6. The molecular weight excluding hydrogens is 316 g/mol. The molecule has 9 nitrogen and oxygen atoms in total. The van der Waals surface area contributed by atoms with Gasteiger partial charge in [-0.2, -0.15) is 0 Å². The highest BCUT2D eigenvalue weighted by Crippen LogP contribution is 1.81. The van der Waals surface area contributed by atoms with Crippen LogP contribution in [-0.2, 0) is 14.3 Å². The van der Waals surface area contributed by atoms with E-state index in [1.165, 1.54) is 7.11 Å². The third-order valence-corrected chi connectivity index (χ3v) is 1.84. The van der Waals surface area contributed by atoms with Gasteiger partial charge in [-0.3, -0.25) is 4.79 Å². The summed E-state index contributed by atoms with van der Waals surface area (Å²) in [7, 11) is 1.26. The molecule has 1 amide bonds. The zero-order valence-electron chi connectivity index (χ0n) is 13.8. The van der Waals surface area contributed by atoms with Gasteiger partial charge in [-0.25, -0.2) is 17.9 Å². The van der Waals surface area contributed by atoms with Gasteiger partial charge in [0.1, 0.15) is 0 Å². The van der Waals surface area contributed by atoms with E-state index in [2.05, 4.69) is 19.7 Å². The van der Waals surface area contributed by atoms with Crippen LogP contribution in [0, 0.1) is 13.1 Å². The first-order valence-corrected chi connectivity index (χ1v) is 6.81. The number of nitrogens with two attached hydrogens (primary N) is 1. The van der Waals surface area contributed by atoms with Crippen LogP contribution in [0.1, 0.15) is 27.7 Å². The van der Waals surface area contributed by atoms with Gasteiger partial charge in [0.2, 0.25) is 0 Å². The molecular formula is C15H30N4O5. The lowest BCUT2D eigenvalue weighted by molar-refractivity contribution is -0.138. The average molecular weight is 346 g/mol. The number of carbonyl (C=O) groups is 2. The number of carbonyl (C=O) groups excluding carboxylic acids is 2. The van der Waals surface area contributed by atoms with Crippen molar-refractivity contribution in [3.63, 3.8) is 0 Å². The third kappa shape index (κ3) is 36.7. The van der Waals surface area contributed by atoms with Crippen LogP contribution in [-0.4, -0.2) is 67.6 Å². The SMILES string of the molecule is C.CC(O)CCN.[C-]#[N+]CC(=O)NCC(C)O.[C-]#[N+]CC(=O)OC. The Morgan fingerprint density at radius 1 is 1.17 bits per heavy atom. The normalized spacial score (nSPS) is 10.5. The van der Waals surface area contributed by atoms with E-state index in [1.807, 2.05) is 0 Å². The molecule has 0 aromatic rings. The molecule has 0 aromatic heterocycles. The predicted molar refractivity (Wildman–Crippen MR) is 91.7 cm³/mol. The van der Waals surface area contributed by atoms with Crippen LogP contribution >= 0.6 is 0 Å². The van der Waals surface area contributed by atoms with Crippen LogP contribution in [0.4, 0.5) is 0 Å². The molecule has 2 unspecified atom stereocenters. The number of nitrogens with one attached hydrogen (secondary N) is 1. The maximum absolute atomic E-state index is 10.5. The number of amides is 1. The van der Waals surface area contributed by atoms with Crippen LogP contribution < -0.4 is 11.1 Å². The molecule has 5 N–H and O–H groups in total. The predicted octanol–water partition coefficient (Wildman–Crippen LogP) is -0.167. The summed E-state index contributed by atoms with van der Waals surface area (Å²) in [6.45, 7) is 16.2. The fourth-order valence-electron chi connectivity index (χ4n) is 0.760. The number of rotatable bonds is 6. The number of ether oxygens (including phenoxy) is 1. The molecule has 9 heteroatoms. The van der Waals surface area contributed by atoms with Crippen LogP contribution in [0.5, 0.6) is 0 Å². The van der Waals surface area contributed by atoms with Crippen molar-refractivity contribution in [3.8, 4) is 0 Å². The van der Waals surface area contributed by atoms with Crippen molar-refractivity contribution in [2.75, 3.05) is 33.3 Å². The van der Waals surface area contributed by atoms with Crippen LogP contribution in [0.2, 0.25) is 0 Å². The summed E-state index contributed by atoms with van der Waals surface area (Å²) in [5, 5.41) is 19.5. The van der Waals surface area contributed by atoms with E-state index in [0.717, 1.165) is 0 Å². The molecule has 0 radical (unpaired) electrons. The Balaban J connectivity index is -0.000000127. The lowest BCUT2D eigenvalue weighted by Crippen LogP contribution is -2.31. The van der Waals surface area contributed by atoms with Gasteiger partial charge in [-0.15, -0.1) is 0 Å². The van der Waals surface area contributed by atoms with Crippen molar-refractivity contribution < 1.29 is 24.5 Å². The first kappa shape index (κ1) is 29.8. The quantitative estimate of drug-likeness (QED) is 0.390. The number of aliphatic hydroxyl groups excluding tert-OH is 2. The maximum atomic E-state index is 10.5. The Morgan fingerprint density at radius 2 is 1.67 bits per heavy atom. The lowest BCUT2D eigenvalue weighted by Gasteiger charge is -2.02. The topological polar surface area (TPSA) is 131 Å². The number of nitrogens with zero attached hydrogens (tertiary/aromatic N) is 2. The van der Waals surface area contributed by atoms with Gasteiger partial charge in [0, 0.05) is 6.54 Å². The van der Waals surface area contributed by atoms with E-state index >= 15 is 0 Å². The highest BCUT2D eigenvalue weighted by atomic mass is 16.5. The highest BCUT2D eigenvalue weighted by molar-refractivity contribution is 5.79. The van der Waals surface area contributed by atoms with E-state index < -0.39 is 12.1 Å². The van der Waals surface area contributed by atoms with E-state index in [-0.39, 0.29) is 39.1 Å². The van der Waals surface area contributed by atoms with E-state index in [4.69, 9.17) is 29.1 Å². The van der Waals surface area contributed by atoms with Crippen LogP contribution in [0.3, 0.4) is 0 Å². The number of hydrogen-bond donors (Lipinski definition) is 4. The van der Waals surface area contributed by atoms with Crippen molar-refractivity contribution in [1.29, 1.82) is 0 Å². The number of esters is 1. The molecule has 0 spiro atoms. The largest absolute Gasteiger partial charge is 0.464 e. The van der Waals surface area contributed by atoms with Gasteiger partial charge in [0.25, 0.3) is 12.5 Å². The zero-order valence-corrected chi connectivity index (χ0v) is 13.8. The van der Waals surface area contributed by atoms with E-state index in [0.29, 0.717) is 13.0 Å². The summed E-state index contributed by atoms with van der Waals surface area (Å²) in [5.74, 6) is -0.814. The van der Waals surface area contributed by atoms with Gasteiger partial charge >= 0.3 is 12.5 Å². The molecule has 0 saturated heterocycles. The van der Waals surface area contributed by atoms with E-state index in [9.17, 15) is 9.59 Å². The van der Waals surface area contributed by atoms with Crippen LogP contribution in [0.15, 0.2) is 0 Å². The second-order valence-corrected chi connectivity index (χ2v) is 4.29. The summed E-state index contributed by atoms with van der Waals surface area (Å²) in [6, 6.07) is 0. The summed E-state index contributed by atoms with van der Waals surface area (Å²) in [5.41, 5.74) is 5.07. The Morgan fingerprint density at radius 3 is 1.88 bits per heavy atom. The molecule has 2 atom stereocenters. The van der Waals surface area contributed by atoms with Crippen molar-refractivity contribution in [2.45, 2.75) is 39.9 Å². The Hall–Kier alpha value is -2.20. The van der Waals surface area contributed by atoms with Gasteiger partial charge in [-0.05, 0) is 26.8 Å². The second kappa shape index (κ2) is 23.1. The fraction of sp³-hybridized carbons (Fsp3) is 0.733. The smallest absolute Gasteiger partial charge is 0.386 e. The minimum absolute atomic E-state index is 0. The van der Waals surface area contributed by atoms with Gasteiger partial charge in [0.15, 0.2) is 0 Å². The zero-order chi connectivity index (χ0) is 18.7. The molecule has 0 saturated carbocycles. The molecule has 140 valence electrons. The van der Waals surface area contributed by atoms with E-state index in [1.54, 1.807) is 13.8 Å². The fourth-order valence-corrected chi connectivity index (χ4v) is 0.760. The third-order valence-electron chi connectivity index (χ3n) is 1.84. The molecule has 0 heterocycles. The van der Waals surface area contributed by atoms with Crippen molar-refractivity contribution in [3.05, 3.63) is 22.8 Å². The first-order valence-electron chi connectivity index (χ1n) is 6.81. The minimum atomic E-state index is -0.547. The molecule has 0 fully saturated rings. The molecule has 0 rings (SSSR count). The van der Waals surface area contributed by atoms with Gasteiger partial charge in [-0.1, -0.05) is 7.43 Å². The van der Waals surface area contributed by atoms with Crippen molar-refractivity contribution >= 4 is 11.9 Å². The molecule has 0 aliphatic rings. The summed E-state index contributed by atoms with van der Waals surface area (Å²) in [6.07, 6.45) is -0.0651. The van der Waals surface area contributed by atoms with Gasteiger partial charge in [0.05, 0.1) is 19.3 Å². The molecule has 24 heavy (non-hydrogen) atoms. The summed E-state index contributed by atoms with van der Waals surface area (Å²) < 4.78 is 4.14. The standard InChI is InChI=1S/C6H10N2O2.C4H5NO2.C4H11NO.CH4/c1-5(9)3-8-6(10)4-7-2;1-5-3-4(6)7-2;1-4(6)2-3-5;/h5,9H,3-4H2,1H3,(H,8,10);3H2,2H3;4,6H,2-3,5H2,1H3;1H4. The Kier molecular flexibility index (Phi) is 28.6. The average Bonchev–Trinajstić information content (AvgIpc) is 2.47. The molecule has 0 aromatic carbocycles. The highest BCUT2D eigenvalue weighted by Gasteiger charge is 2.03. The Bertz CT molecular complexity index is 386. The summed E-state index contributed by atoms with van der Waals surface area (Å²) in [4.78, 5) is 26.1. The Labute approximate surface area is 144 Å². The molecule has 0 bridgehead atoms. The molecule has 0 aliphatic heterocycles. The minimum Gasteiger partial charge on any atom is -0.464 e. The second-order valence-electron chi connectivity index (χ2n) is 4.29. The van der Waals surface area contributed by atoms with Gasteiger partial charge < -0.3 is 35.7 Å². The van der Waals surface area contributed by atoms with Crippen LogP contribution in [0.25, 0.3) is 9.69 Å².